The summed E-state index contributed by atoms with van der Waals surface area (Å²) in [4.78, 5) is 30.1. The lowest BCUT2D eigenvalue weighted by molar-refractivity contribution is -0.128. The van der Waals surface area contributed by atoms with Gasteiger partial charge in [-0.25, -0.2) is 9.37 Å². The lowest BCUT2D eigenvalue weighted by atomic mass is 9.95. The zero-order chi connectivity index (χ0) is 29.2. The molecule has 3 aromatic carbocycles. The molecule has 0 unspecified atom stereocenters. The van der Waals surface area contributed by atoms with Crippen LogP contribution in [0.3, 0.4) is 0 Å². The second kappa shape index (κ2) is 11.7. The quantitative estimate of drug-likeness (QED) is 0.205. The Hall–Kier alpha value is -3.82. The predicted octanol–water partition coefficient (Wildman–Crippen LogP) is 7.08. The highest BCUT2D eigenvalue weighted by Crippen LogP contribution is 2.32. The van der Waals surface area contributed by atoms with Crippen LogP contribution in [-0.2, 0) is 18.4 Å². The van der Waals surface area contributed by atoms with Crippen LogP contribution >= 0.6 is 23.2 Å². The van der Waals surface area contributed by atoms with Gasteiger partial charge in [0, 0.05) is 30.8 Å². The molecular weight excluding hydrogens is 556 g/mol. The van der Waals surface area contributed by atoms with Crippen molar-refractivity contribution in [1.29, 1.82) is 0 Å². The molecule has 1 heterocycles. The number of carbonyl (C=O) groups excluding carboxylic acids is 2. The molecule has 4 aromatic rings. The molecular formula is C29H30Cl2FN5O3. The van der Waals surface area contributed by atoms with E-state index >= 15 is 0 Å². The molecule has 0 fully saturated rings. The molecule has 0 aliphatic heterocycles. The fraction of sp³-hybridized carbons (Fsp3) is 0.276. The number of nitrogens with one attached hydrogen (secondary N) is 3. The predicted molar refractivity (Wildman–Crippen MR) is 157 cm³/mol. The zero-order valence-electron chi connectivity index (χ0n) is 22.8. The van der Waals surface area contributed by atoms with Crippen molar-refractivity contribution >= 4 is 63.4 Å². The Bertz CT molecular complexity index is 1600. The van der Waals surface area contributed by atoms with E-state index in [1.54, 1.807) is 18.2 Å². The van der Waals surface area contributed by atoms with E-state index in [0.717, 1.165) is 11.1 Å². The van der Waals surface area contributed by atoms with Gasteiger partial charge in [0.25, 0.3) is 5.91 Å². The van der Waals surface area contributed by atoms with Gasteiger partial charge in [-0.15, -0.1) is 0 Å². The van der Waals surface area contributed by atoms with Gasteiger partial charge in [0.05, 0.1) is 38.9 Å². The summed E-state index contributed by atoms with van der Waals surface area (Å²) in [6.45, 7) is 8.07. The van der Waals surface area contributed by atoms with Crippen molar-refractivity contribution in [1.82, 2.24) is 14.9 Å². The number of fused-ring (bicyclic) bond motifs is 1. The molecule has 0 radical (unpaired) electrons. The van der Waals surface area contributed by atoms with E-state index < -0.39 is 17.1 Å². The first-order chi connectivity index (χ1) is 18.9. The molecule has 0 aliphatic rings. The summed E-state index contributed by atoms with van der Waals surface area (Å²) in [5.74, 6) is -0.242. The molecule has 3 N–H and O–H groups in total. The van der Waals surface area contributed by atoms with Crippen LogP contribution in [0.4, 0.5) is 21.7 Å². The van der Waals surface area contributed by atoms with Crippen molar-refractivity contribution in [2.24, 2.45) is 12.5 Å². The number of benzene rings is 3. The lowest BCUT2D eigenvalue weighted by Crippen LogP contribution is -2.34. The maximum atomic E-state index is 13.5. The minimum absolute atomic E-state index is 0.0558. The summed E-state index contributed by atoms with van der Waals surface area (Å²) >= 11 is 12.3. The first-order valence-corrected chi connectivity index (χ1v) is 13.4. The minimum atomic E-state index is -0.579. The van der Waals surface area contributed by atoms with Crippen LogP contribution in [0.1, 0.15) is 43.6 Å². The molecule has 8 nitrogen and oxygen atoms in total. The molecule has 40 heavy (non-hydrogen) atoms. The van der Waals surface area contributed by atoms with Crippen molar-refractivity contribution in [3.05, 3.63) is 75.5 Å². The van der Waals surface area contributed by atoms with Crippen molar-refractivity contribution in [2.45, 2.75) is 34.2 Å². The van der Waals surface area contributed by atoms with Gasteiger partial charge in [0.2, 0.25) is 11.9 Å². The highest BCUT2D eigenvalue weighted by molar-refractivity contribution is 6.33. The molecule has 0 atom stereocenters. The van der Waals surface area contributed by atoms with E-state index in [4.69, 9.17) is 27.9 Å². The number of nitrogens with zero attached hydrogens (tertiary/aromatic N) is 2. The number of aromatic nitrogens is 2. The first kappa shape index (κ1) is 29.2. The zero-order valence-corrected chi connectivity index (χ0v) is 24.3. The molecule has 0 spiro atoms. The summed E-state index contributed by atoms with van der Waals surface area (Å²) in [7, 11) is 1.83. The number of aryl methyl sites for hydroxylation is 1. The number of amides is 2. The third kappa shape index (κ3) is 6.48. The average Bonchev–Trinajstić information content (AvgIpc) is 3.19. The number of hydrogen-bond donors (Lipinski definition) is 3. The summed E-state index contributed by atoms with van der Waals surface area (Å²) < 4.78 is 21.1. The molecule has 0 saturated carbocycles. The number of halogens is 3. The third-order valence-electron chi connectivity index (χ3n) is 6.12. The highest BCUT2D eigenvalue weighted by Gasteiger charge is 2.21. The number of rotatable bonds is 8. The summed E-state index contributed by atoms with van der Waals surface area (Å²) in [6.07, 6.45) is 0. The first-order valence-electron chi connectivity index (χ1n) is 12.6. The number of carbonyl (C=O) groups is 2. The summed E-state index contributed by atoms with van der Waals surface area (Å²) in [6, 6.07) is 12.8. The summed E-state index contributed by atoms with van der Waals surface area (Å²) in [5, 5.41) is 9.29. The van der Waals surface area contributed by atoms with E-state index in [9.17, 15) is 14.0 Å². The molecule has 2 amide bonds. The molecule has 1 aromatic heterocycles. The maximum Gasteiger partial charge on any atom is 0.259 e. The topological polar surface area (TPSA) is 97.3 Å². The fourth-order valence-corrected chi connectivity index (χ4v) is 4.25. The normalized spacial score (nSPS) is 11.4. The third-order valence-corrected chi connectivity index (χ3v) is 6.73. The van der Waals surface area contributed by atoms with Crippen LogP contribution in [0.25, 0.3) is 11.0 Å². The van der Waals surface area contributed by atoms with Gasteiger partial charge in [-0.05, 0) is 48.9 Å². The van der Waals surface area contributed by atoms with Crippen molar-refractivity contribution in [3.63, 3.8) is 0 Å². The van der Waals surface area contributed by atoms with Crippen LogP contribution in [0.5, 0.6) is 5.75 Å². The number of anilines is 3. The molecule has 11 heteroatoms. The van der Waals surface area contributed by atoms with Crippen LogP contribution in [-0.4, -0.2) is 28.0 Å². The smallest absolute Gasteiger partial charge is 0.259 e. The van der Waals surface area contributed by atoms with E-state index in [2.05, 4.69) is 20.9 Å². The SMILES string of the molecule is CCOc1cc2c(cc1C(=O)Nc1ccc(F)c(Cl)c1)nc(Nc1cc(CNC(=O)C(C)(C)C)ccc1Cl)n2C. The second-order valence-corrected chi connectivity index (χ2v) is 11.0. The Kier molecular flexibility index (Phi) is 8.56. The lowest BCUT2D eigenvalue weighted by Gasteiger charge is -2.18. The van der Waals surface area contributed by atoms with Crippen molar-refractivity contribution in [2.75, 3.05) is 17.2 Å². The van der Waals surface area contributed by atoms with Crippen LogP contribution in [0.2, 0.25) is 10.0 Å². The Balaban J connectivity index is 1.63. The highest BCUT2D eigenvalue weighted by atomic mass is 35.5. The van der Waals surface area contributed by atoms with Crippen LogP contribution < -0.4 is 20.7 Å². The fourth-order valence-electron chi connectivity index (χ4n) is 3.90. The largest absolute Gasteiger partial charge is 0.493 e. The molecule has 0 saturated heterocycles. The van der Waals surface area contributed by atoms with E-state index in [1.165, 1.54) is 18.2 Å². The van der Waals surface area contributed by atoms with E-state index in [0.29, 0.717) is 46.8 Å². The minimum Gasteiger partial charge on any atom is -0.493 e. The number of imidazole rings is 1. The van der Waals surface area contributed by atoms with Gasteiger partial charge in [-0.1, -0.05) is 50.0 Å². The van der Waals surface area contributed by atoms with Crippen LogP contribution in [0.15, 0.2) is 48.5 Å². The molecule has 4 rings (SSSR count). The number of hydrogen-bond acceptors (Lipinski definition) is 5. The van der Waals surface area contributed by atoms with Crippen molar-refractivity contribution in [3.8, 4) is 5.75 Å². The van der Waals surface area contributed by atoms with Crippen molar-refractivity contribution < 1.29 is 18.7 Å². The van der Waals surface area contributed by atoms with Gasteiger partial charge in [0.1, 0.15) is 11.6 Å². The Morgan fingerprint density at radius 1 is 1.05 bits per heavy atom. The van der Waals surface area contributed by atoms with Gasteiger partial charge in [-0.2, -0.15) is 0 Å². The van der Waals surface area contributed by atoms with Gasteiger partial charge in [-0.3, -0.25) is 9.59 Å². The van der Waals surface area contributed by atoms with Gasteiger partial charge >= 0.3 is 0 Å². The van der Waals surface area contributed by atoms with E-state index in [-0.39, 0.29) is 16.5 Å². The van der Waals surface area contributed by atoms with Crippen LogP contribution in [0, 0.1) is 11.2 Å². The van der Waals surface area contributed by atoms with E-state index in [1.807, 2.05) is 51.4 Å². The Morgan fingerprint density at radius 3 is 2.48 bits per heavy atom. The summed E-state index contributed by atoms with van der Waals surface area (Å²) in [5.41, 5.74) is 2.84. The molecule has 0 aliphatic carbocycles. The molecule has 0 bridgehead atoms. The Morgan fingerprint density at radius 2 is 1.80 bits per heavy atom. The second-order valence-electron chi connectivity index (χ2n) is 10.2. The molecule has 210 valence electrons. The van der Waals surface area contributed by atoms with Gasteiger partial charge < -0.3 is 25.3 Å². The monoisotopic (exact) mass is 585 g/mol. The Labute approximate surface area is 241 Å². The number of ether oxygens (including phenoxy) is 1. The average molecular weight is 586 g/mol. The van der Waals surface area contributed by atoms with Gasteiger partial charge in [0.15, 0.2) is 0 Å². The standard InChI is InChI=1S/C29H30Cl2FN5O3/c1-6-40-25-14-24-23(13-18(25)26(38)34-17-8-10-21(32)20(31)12-17)36-28(37(24)5)35-22-11-16(7-9-19(22)30)15-33-27(39)29(2,3)4/h7-14H,6,15H2,1-5H3,(H,33,39)(H,34,38)(H,35,36). The maximum absolute atomic E-state index is 13.5.